The number of thiazole rings is 1. The average molecular weight is 532 g/mol. The zero-order valence-electron chi connectivity index (χ0n) is 21.2. The molecule has 0 radical (unpaired) electrons. The number of aromatic nitrogens is 2. The second-order valence-electron chi connectivity index (χ2n) is 9.02. The highest BCUT2D eigenvalue weighted by Gasteiger charge is 2.32. The van der Waals surface area contributed by atoms with Gasteiger partial charge in [-0.05, 0) is 75.7 Å². The number of carbonyl (C=O) groups is 1. The minimum Gasteiger partial charge on any atom is -0.496 e. The lowest BCUT2D eigenvalue weighted by atomic mass is 9.93. The maximum absolute atomic E-state index is 13.9. The van der Waals surface area contributed by atoms with Crippen molar-refractivity contribution >= 4 is 34.8 Å². The van der Waals surface area contributed by atoms with E-state index in [9.17, 15) is 9.59 Å². The SMILES string of the molecule is COc1ccccc1C1C(C(C)=O)=C(C)N=c2sc(=Cc3cc(C)n(-c4ccc(Cl)cc4)c3C)c(=O)n21. The van der Waals surface area contributed by atoms with Gasteiger partial charge in [0.25, 0.3) is 5.56 Å². The lowest BCUT2D eigenvalue weighted by molar-refractivity contribution is -0.114. The fourth-order valence-corrected chi connectivity index (χ4v) is 6.18. The Labute approximate surface area is 223 Å². The number of methoxy groups -OCH3 is 1. The van der Waals surface area contributed by atoms with E-state index in [1.165, 1.54) is 18.3 Å². The molecule has 0 spiro atoms. The molecular weight excluding hydrogens is 506 g/mol. The molecule has 6 nitrogen and oxygen atoms in total. The summed E-state index contributed by atoms with van der Waals surface area (Å²) in [6, 6.07) is 16.6. The van der Waals surface area contributed by atoms with Gasteiger partial charge >= 0.3 is 0 Å². The van der Waals surface area contributed by atoms with Crippen molar-refractivity contribution in [3.8, 4) is 11.4 Å². The summed E-state index contributed by atoms with van der Waals surface area (Å²) in [5.74, 6) is 0.486. The maximum atomic E-state index is 13.9. The highest BCUT2D eigenvalue weighted by atomic mass is 35.5. The molecule has 0 bridgehead atoms. The summed E-state index contributed by atoms with van der Waals surface area (Å²) in [6.07, 6.45) is 1.91. The van der Waals surface area contributed by atoms with Crippen LogP contribution in [0.3, 0.4) is 0 Å². The molecule has 1 unspecified atom stereocenters. The number of carbonyl (C=O) groups excluding carboxylic acids is 1. The normalized spacial score (nSPS) is 15.5. The number of Topliss-reactive ketones (excluding diaryl/α,β-unsaturated/α-hetero) is 1. The largest absolute Gasteiger partial charge is 0.496 e. The first-order valence-corrected chi connectivity index (χ1v) is 13.0. The minimum atomic E-state index is -0.617. The molecule has 1 atom stereocenters. The summed E-state index contributed by atoms with van der Waals surface area (Å²) in [4.78, 5) is 31.9. The fraction of sp³-hybridized carbons (Fsp3) is 0.207. The summed E-state index contributed by atoms with van der Waals surface area (Å²) < 4.78 is 9.91. The van der Waals surface area contributed by atoms with E-state index in [1.54, 1.807) is 11.7 Å². The van der Waals surface area contributed by atoms with Crippen molar-refractivity contribution in [3.05, 3.63) is 113 Å². The zero-order valence-corrected chi connectivity index (χ0v) is 22.8. The van der Waals surface area contributed by atoms with Crippen LogP contribution in [0.4, 0.5) is 0 Å². The van der Waals surface area contributed by atoms with Gasteiger partial charge in [-0.2, -0.15) is 0 Å². The lowest BCUT2D eigenvalue weighted by Gasteiger charge is -2.25. The van der Waals surface area contributed by atoms with Gasteiger partial charge in [-0.25, -0.2) is 4.99 Å². The Kier molecular flexibility index (Phi) is 6.52. The van der Waals surface area contributed by atoms with Gasteiger partial charge in [-0.1, -0.05) is 41.1 Å². The number of aryl methyl sites for hydroxylation is 1. The summed E-state index contributed by atoms with van der Waals surface area (Å²) in [6.45, 7) is 7.39. The number of halogens is 1. The number of nitrogens with zero attached hydrogens (tertiary/aromatic N) is 3. The van der Waals surface area contributed by atoms with Crippen LogP contribution >= 0.6 is 22.9 Å². The molecule has 5 rings (SSSR count). The predicted molar refractivity (Wildman–Crippen MR) is 148 cm³/mol. The topological polar surface area (TPSA) is 65.6 Å². The van der Waals surface area contributed by atoms with Crippen molar-refractivity contribution in [2.75, 3.05) is 7.11 Å². The summed E-state index contributed by atoms with van der Waals surface area (Å²) in [5.41, 5.74) is 5.64. The quantitative estimate of drug-likeness (QED) is 0.368. The molecular formula is C29H26ClN3O3S. The summed E-state index contributed by atoms with van der Waals surface area (Å²) in [7, 11) is 1.59. The lowest BCUT2D eigenvalue weighted by Crippen LogP contribution is -2.39. The van der Waals surface area contributed by atoms with Crippen LogP contribution < -0.4 is 19.6 Å². The van der Waals surface area contributed by atoms with Gasteiger partial charge < -0.3 is 9.30 Å². The number of hydrogen-bond acceptors (Lipinski definition) is 5. The van der Waals surface area contributed by atoms with Gasteiger partial charge in [0.2, 0.25) is 0 Å². The highest BCUT2D eigenvalue weighted by molar-refractivity contribution is 7.07. The van der Waals surface area contributed by atoms with Crippen molar-refractivity contribution in [2.24, 2.45) is 4.99 Å². The number of fused-ring (bicyclic) bond motifs is 1. The molecule has 0 saturated carbocycles. The van der Waals surface area contributed by atoms with Crippen molar-refractivity contribution in [3.63, 3.8) is 0 Å². The van der Waals surface area contributed by atoms with Crippen molar-refractivity contribution in [2.45, 2.75) is 33.7 Å². The number of rotatable bonds is 5. The van der Waals surface area contributed by atoms with E-state index in [-0.39, 0.29) is 11.3 Å². The third kappa shape index (κ3) is 4.28. The van der Waals surface area contributed by atoms with Gasteiger partial charge in [0.15, 0.2) is 10.6 Å². The van der Waals surface area contributed by atoms with Gasteiger partial charge in [0.05, 0.1) is 17.7 Å². The monoisotopic (exact) mass is 531 g/mol. The van der Waals surface area contributed by atoms with E-state index >= 15 is 0 Å². The van der Waals surface area contributed by atoms with Gasteiger partial charge in [-0.15, -0.1) is 0 Å². The molecule has 0 aliphatic carbocycles. The van der Waals surface area contributed by atoms with Gasteiger partial charge in [0, 0.05) is 38.9 Å². The number of benzene rings is 2. The molecule has 1 aliphatic rings. The van der Waals surface area contributed by atoms with E-state index in [0.29, 0.717) is 31.4 Å². The number of ketones is 1. The van der Waals surface area contributed by atoms with Crippen LogP contribution in [0, 0.1) is 13.8 Å². The molecule has 0 amide bonds. The molecule has 1 aliphatic heterocycles. The van der Waals surface area contributed by atoms with E-state index in [4.69, 9.17) is 16.3 Å². The Hall–Kier alpha value is -3.68. The van der Waals surface area contributed by atoms with Crippen LogP contribution in [0.5, 0.6) is 5.75 Å². The first-order valence-electron chi connectivity index (χ1n) is 11.8. The third-order valence-electron chi connectivity index (χ3n) is 6.68. The van der Waals surface area contributed by atoms with Gasteiger partial charge in [0.1, 0.15) is 5.75 Å². The van der Waals surface area contributed by atoms with Crippen LogP contribution in [0.15, 0.2) is 75.7 Å². The van der Waals surface area contributed by atoms with Crippen molar-refractivity contribution < 1.29 is 9.53 Å². The Balaban J connectivity index is 1.72. The van der Waals surface area contributed by atoms with Crippen LogP contribution in [-0.4, -0.2) is 22.0 Å². The molecule has 0 saturated heterocycles. The molecule has 8 heteroatoms. The highest BCUT2D eigenvalue weighted by Crippen LogP contribution is 2.35. The first-order chi connectivity index (χ1) is 17.7. The molecule has 37 heavy (non-hydrogen) atoms. The van der Waals surface area contributed by atoms with E-state index in [1.807, 2.05) is 75.4 Å². The first kappa shape index (κ1) is 25.0. The Morgan fingerprint density at radius 3 is 2.49 bits per heavy atom. The zero-order chi connectivity index (χ0) is 26.4. The molecule has 2 aromatic heterocycles. The van der Waals surface area contributed by atoms with E-state index in [0.717, 1.165) is 28.2 Å². The van der Waals surface area contributed by atoms with E-state index < -0.39 is 6.04 Å². The van der Waals surface area contributed by atoms with Crippen molar-refractivity contribution in [1.29, 1.82) is 0 Å². The average Bonchev–Trinajstić information content (AvgIpc) is 3.33. The van der Waals surface area contributed by atoms with Crippen LogP contribution in [0.2, 0.25) is 5.02 Å². The molecule has 3 heterocycles. The smallest absolute Gasteiger partial charge is 0.271 e. The fourth-order valence-electron chi connectivity index (χ4n) is 5.02. The van der Waals surface area contributed by atoms with Crippen LogP contribution in [-0.2, 0) is 4.79 Å². The Bertz CT molecular complexity index is 1760. The van der Waals surface area contributed by atoms with E-state index in [2.05, 4.69) is 15.6 Å². The molecule has 0 fully saturated rings. The Morgan fingerprint density at radius 2 is 1.81 bits per heavy atom. The van der Waals surface area contributed by atoms with Gasteiger partial charge in [-0.3, -0.25) is 14.2 Å². The molecule has 0 N–H and O–H groups in total. The number of para-hydroxylation sites is 1. The standard InChI is InChI=1S/C29H26ClN3O3S/c1-16-14-20(18(3)32(16)22-12-10-21(30)11-13-22)15-25-28(35)33-27(23-8-6-7-9-24(23)36-5)26(19(4)34)17(2)31-29(33)37-25/h6-15,27H,1-5H3. The molecule has 4 aromatic rings. The number of ether oxygens (including phenoxy) is 1. The number of allylic oxidation sites excluding steroid dienone is 2. The molecule has 2 aromatic carbocycles. The predicted octanol–water partition coefficient (Wildman–Crippen LogP) is 4.89. The van der Waals surface area contributed by atoms with Crippen LogP contribution in [0.25, 0.3) is 11.8 Å². The third-order valence-corrected chi connectivity index (χ3v) is 7.91. The summed E-state index contributed by atoms with van der Waals surface area (Å²) in [5, 5.41) is 0.678. The second kappa shape index (κ2) is 9.65. The second-order valence-corrected chi connectivity index (χ2v) is 10.5. The minimum absolute atomic E-state index is 0.127. The Morgan fingerprint density at radius 1 is 1.11 bits per heavy atom. The van der Waals surface area contributed by atoms with Crippen LogP contribution in [0.1, 0.15) is 42.4 Å². The molecule has 188 valence electrons. The maximum Gasteiger partial charge on any atom is 0.271 e. The number of hydrogen-bond donors (Lipinski definition) is 0. The summed E-state index contributed by atoms with van der Waals surface area (Å²) >= 11 is 7.40. The van der Waals surface area contributed by atoms with Crippen molar-refractivity contribution in [1.82, 2.24) is 9.13 Å².